The number of carbonyl (C=O) groups excluding carboxylic acids is 1. The van der Waals surface area contributed by atoms with Gasteiger partial charge in [-0.05, 0) is 24.1 Å². The number of amides is 1. The van der Waals surface area contributed by atoms with E-state index in [-0.39, 0.29) is 5.91 Å². The molecule has 0 unspecified atom stereocenters. The van der Waals surface area contributed by atoms with E-state index >= 15 is 0 Å². The first-order chi connectivity index (χ1) is 9.22. The van der Waals surface area contributed by atoms with Crippen molar-refractivity contribution in [1.82, 2.24) is 5.06 Å². The van der Waals surface area contributed by atoms with Crippen LogP contribution in [0.5, 0.6) is 0 Å². The van der Waals surface area contributed by atoms with Crippen molar-refractivity contribution in [2.45, 2.75) is 13.5 Å². The minimum absolute atomic E-state index is 0.126. The van der Waals surface area contributed by atoms with Crippen molar-refractivity contribution in [1.29, 1.82) is 0 Å². The summed E-state index contributed by atoms with van der Waals surface area (Å²) in [5.41, 5.74) is 2.44. The summed E-state index contributed by atoms with van der Waals surface area (Å²) in [6.07, 6.45) is 5.48. The molecule has 1 fully saturated rings. The van der Waals surface area contributed by atoms with E-state index < -0.39 is 0 Å². The second-order valence-corrected chi connectivity index (χ2v) is 4.31. The molecule has 19 heavy (non-hydrogen) atoms. The van der Waals surface area contributed by atoms with Gasteiger partial charge < -0.3 is 0 Å². The van der Waals surface area contributed by atoms with Crippen molar-refractivity contribution in [3.8, 4) is 0 Å². The third kappa shape index (κ3) is 3.20. The second kappa shape index (κ2) is 6.16. The lowest BCUT2D eigenvalue weighted by atomic mass is 10.1. The van der Waals surface area contributed by atoms with E-state index in [0.717, 1.165) is 11.1 Å². The smallest absolute Gasteiger partial charge is 0.267 e. The summed E-state index contributed by atoms with van der Waals surface area (Å²) in [6, 6.07) is 9.77. The minimum atomic E-state index is -0.126. The number of hydrogen-bond acceptors (Lipinski definition) is 2. The fourth-order valence-electron chi connectivity index (χ4n) is 1.83. The Labute approximate surface area is 113 Å². The fraction of sp³-hybridized carbons (Fsp3) is 0.188. The highest BCUT2D eigenvalue weighted by atomic mass is 16.7. The zero-order valence-corrected chi connectivity index (χ0v) is 11.0. The predicted molar refractivity (Wildman–Crippen MR) is 75.0 cm³/mol. The Morgan fingerprint density at radius 3 is 2.79 bits per heavy atom. The average molecular weight is 255 g/mol. The zero-order chi connectivity index (χ0) is 13.7. The Balaban J connectivity index is 2.00. The van der Waals surface area contributed by atoms with E-state index in [1.807, 2.05) is 49.4 Å². The van der Waals surface area contributed by atoms with Gasteiger partial charge in [0.1, 0.15) is 6.61 Å². The van der Waals surface area contributed by atoms with Crippen LogP contribution >= 0.6 is 0 Å². The molecule has 0 radical (unpaired) electrons. The van der Waals surface area contributed by atoms with Crippen LogP contribution in [-0.2, 0) is 16.2 Å². The van der Waals surface area contributed by atoms with Crippen molar-refractivity contribution in [2.24, 2.45) is 0 Å². The van der Waals surface area contributed by atoms with E-state index in [9.17, 15) is 4.79 Å². The average Bonchev–Trinajstić information content (AvgIpc) is 2.70. The van der Waals surface area contributed by atoms with Crippen LogP contribution in [0.1, 0.15) is 12.5 Å². The minimum Gasteiger partial charge on any atom is -0.267 e. The van der Waals surface area contributed by atoms with E-state index in [4.69, 9.17) is 4.84 Å². The first-order valence-corrected chi connectivity index (χ1v) is 6.22. The molecular formula is C16H17NO2. The summed E-state index contributed by atoms with van der Waals surface area (Å²) in [5.74, 6) is -0.126. The van der Waals surface area contributed by atoms with E-state index in [2.05, 4.69) is 6.58 Å². The first kappa shape index (κ1) is 13.3. The maximum atomic E-state index is 12.1. The van der Waals surface area contributed by atoms with Gasteiger partial charge in [0.2, 0.25) is 0 Å². The van der Waals surface area contributed by atoms with Gasteiger partial charge in [0.05, 0.1) is 6.54 Å². The Hall–Kier alpha value is -2.13. The van der Waals surface area contributed by atoms with Gasteiger partial charge >= 0.3 is 0 Å². The molecule has 0 aliphatic carbocycles. The topological polar surface area (TPSA) is 29.5 Å². The van der Waals surface area contributed by atoms with Crippen molar-refractivity contribution in [3.05, 3.63) is 71.8 Å². The Bertz CT molecular complexity index is 529. The van der Waals surface area contributed by atoms with Crippen LogP contribution in [0.3, 0.4) is 0 Å². The van der Waals surface area contributed by atoms with Gasteiger partial charge in [-0.15, -0.1) is 0 Å². The molecule has 1 amide bonds. The SMILES string of the molecule is C=C1CN(OCc2ccccc2)C(=O)/C1=C/C=C\C. The molecule has 98 valence electrons. The van der Waals surface area contributed by atoms with Crippen LogP contribution in [0, 0.1) is 0 Å². The van der Waals surface area contributed by atoms with Gasteiger partial charge in [-0.1, -0.05) is 49.1 Å². The number of rotatable bonds is 4. The first-order valence-electron chi connectivity index (χ1n) is 6.22. The molecule has 1 saturated heterocycles. The third-order valence-electron chi connectivity index (χ3n) is 2.86. The maximum absolute atomic E-state index is 12.1. The summed E-state index contributed by atoms with van der Waals surface area (Å²) in [4.78, 5) is 17.6. The molecule has 0 spiro atoms. The van der Waals surface area contributed by atoms with Gasteiger partial charge in [-0.3, -0.25) is 9.63 Å². The number of allylic oxidation sites excluding steroid dienone is 3. The van der Waals surface area contributed by atoms with Gasteiger partial charge in [0, 0.05) is 5.57 Å². The van der Waals surface area contributed by atoms with Crippen LogP contribution in [0.2, 0.25) is 0 Å². The number of hydrogen-bond donors (Lipinski definition) is 0. The van der Waals surface area contributed by atoms with Crippen molar-refractivity contribution >= 4 is 5.91 Å². The Morgan fingerprint density at radius 2 is 2.11 bits per heavy atom. The number of nitrogens with zero attached hydrogens (tertiary/aromatic N) is 1. The van der Waals surface area contributed by atoms with Gasteiger partial charge in [-0.2, -0.15) is 0 Å². The molecule has 0 atom stereocenters. The molecule has 1 aromatic rings. The third-order valence-corrected chi connectivity index (χ3v) is 2.86. The fourth-order valence-corrected chi connectivity index (χ4v) is 1.83. The van der Waals surface area contributed by atoms with Gasteiger partial charge in [-0.25, -0.2) is 5.06 Å². The van der Waals surface area contributed by atoms with E-state index in [0.29, 0.717) is 18.7 Å². The quantitative estimate of drug-likeness (QED) is 0.774. The zero-order valence-electron chi connectivity index (χ0n) is 11.0. The molecule has 3 nitrogen and oxygen atoms in total. The lowest BCUT2D eigenvalue weighted by Gasteiger charge is -2.14. The number of hydroxylamine groups is 2. The molecule has 0 bridgehead atoms. The summed E-state index contributed by atoms with van der Waals surface area (Å²) >= 11 is 0. The van der Waals surface area contributed by atoms with E-state index in [1.165, 1.54) is 5.06 Å². The largest absolute Gasteiger partial charge is 0.278 e. The summed E-state index contributed by atoms with van der Waals surface area (Å²) in [7, 11) is 0. The second-order valence-electron chi connectivity index (χ2n) is 4.31. The maximum Gasteiger partial charge on any atom is 0.278 e. The number of carbonyl (C=O) groups is 1. The molecule has 1 heterocycles. The van der Waals surface area contributed by atoms with Crippen molar-refractivity contribution in [2.75, 3.05) is 6.54 Å². The lowest BCUT2D eigenvalue weighted by molar-refractivity contribution is -0.179. The van der Waals surface area contributed by atoms with Crippen LogP contribution in [0.4, 0.5) is 0 Å². The Kier molecular flexibility index (Phi) is 4.31. The normalized spacial score (nSPS) is 17.9. The van der Waals surface area contributed by atoms with E-state index in [1.54, 1.807) is 6.08 Å². The molecule has 1 aliphatic heterocycles. The summed E-state index contributed by atoms with van der Waals surface area (Å²) in [6.45, 7) is 6.62. The highest BCUT2D eigenvalue weighted by Crippen LogP contribution is 2.22. The van der Waals surface area contributed by atoms with Gasteiger partial charge in [0.15, 0.2) is 0 Å². The standard InChI is InChI=1S/C16H17NO2/c1-3-4-10-15-13(2)11-17(16(15)18)19-12-14-8-6-5-7-9-14/h3-10H,2,11-12H2,1H3/b4-3-,15-10+. The van der Waals surface area contributed by atoms with Crippen molar-refractivity contribution < 1.29 is 9.63 Å². The summed E-state index contributed by atoms with van der Waals surface area (Å²) in [5, 5.41) is 1.37. The molecule has 1 aromatic carbocycles. The summed E-state index contributed by atoms with van der Waals surface area (Å²) < 4.78 is 0. The number of benzene rings is 1. The van der Waals surface area contributed by atoms with Crippen LogP contribution in [0.15, 0.2) is 66.3 Å². The molecular weight excluding hydrogens is 238 g/mol. The highest BCUT2D eigenvalue weighted by molar-refractivity contribution is 6.00. The molecule has 0 aromatic heterocycles. The van der Waals surface area contributed by atoms with Crippen molar-refractivity contribution in [3.63, 3.8) is 0 Å². The van der Waals surface area contributed by atoms with Gasteiger partial charge in [0.25, 0.3) is 5.91 Å². The molecule has 0 saturated carbocycles. The molecule has 2 rings (SSSR count). The lowest BCUT2D eigenvalue weighted by Crippen LogP contribution is -2.25. The van der Waals surface area contributed by atoms with Crippen LogP contribution in [-0.4, -0.2) is 17.5 Å². The van der Waals surface area contributed by atoms with Crippen LogP contribution in [0.25, 0.3) is 0 Å². The Morgan fingerprint density at radius 1 is 1.37 bits per heavy atom. The monoisotopic (exact) mass is 255 g/mol. The van der Waals surface area contributed by atoms with Crippen LogP contribution < -0.4 is 0 Å². The molecule has 0 N–H and O–H groups in total. The molecule has 3 heteroatoms. The predicted octanol–water partition coefficient (Wildman–Crippen LogP) is 3.02. The highest BCUT2D eigenvalue weighted by Gasteiger charge is 2.29. The molecule has 1 aliphatic rings.